The first-order valence-corrected chi connectivity index (χ1v) is 7.32. The molecule has 0 heterocycles. The highest BCUT2D eigenvalue weighted by molar-refractivity contribution is 7.99. The number of nitrogen functional groups attached to an aromatic ring is 1. The summed E-state index contributed by atoms with van der Waals surface area (Å²) in [4.78, 5) is 11.2. The van der Waals surface area contributed by atoms with Crippen LogP contribution in [0.4, 0.5) is 11.4 Å². The van der Waals surface area contributed by atoms with Crippen LogP contribution < -0.4 is 11.1 Å². The zero-order chi connectivity index (χ0) is 13.1. The van der Waals surface area contributed by atoms with Crippen molar-refractivity contribution in [2.75, 3.05) is 17.3 Å². The molecule has 5 heteroatoms. The lowest BCUT2D eigenvalue weighted by atomic mass is 10.1. The number of aromatic carboxylic acids is 1. The van der Waals surface area contributed by atoms with Crippen molar-refractivity contribution >= 4 is 29.1 Å². The van der Waals surface area contributed by atoms with E-state index in [4.69, 9.17) is 10.8 Å². The first-order chi connectivity index (χ1) is 8.61. The van der Waals surface area contributed by atoms with Crippen molar-refractivity contribution in [3.8, 4) is 0 Å². The van der Waals surface area contributed by atoms with Crippen molar-refractivity contribution in [1.82, 2.24) is 0 Å². The maximum atomic E-state index is 11.2. The number of hydrogen-bond acceptors (Lipinski definition) is 4. The summed E-state index contributed by atoms with van der Waals surface area (Å²) in [6, 6.07) is 5.22. The molecule has 1 aromatic carbocycles. The van der Waals surface area contributed by atoms with E-state index < -0.39 is 5.97 Å². The first-order valence-electron chi connectivity index (χ1n) is 6.04. The van der Waals surface area contributed by atoms with Crippen LogP contribution in [0.15, 0.2) is 18.2 Å². The predicted molar refractivity (Wildman–Crippen MR) is 76.4 cm³/mol. The Balaban J connectivity index is 2.22. The van der Waals surface area contributed by atoms with Crippen molar-refractivity contribution in [2.24, 2.45) is 0 Å². The molecule has 2 atom stereocenters. The van der Waals surface area contributed by atoms with E-state index in [-0.39, 0.29) is 5.56 Å². The number of nitrogens with two attached hydrogens (primary N) is 1. The number of carboxylic acid groups (broad SMARTS) is 1. The third kappa shape index (κ3) is 2.72. The van der Waals surface area contributed by atoms with E-state index in [9.17, 15) is 4.79 Å². The van der Waals surface area contributed by atoms with Gasteiger partial charge in [-0.2, -0.15) is 11.8 Å². The Hall–Kier alpha value is -1.36. The maximum absolute atomic E-state index is 11.2. The van der Waals surface area contributed by atoms with Crippen LogP contribution in [0.1, 0.15) is 29.6 Å². The average molecular weight is 266 g/mol. The molecule has 1 aliphatic carbocycles. The lowest BCUT2D eigenvalue weighted by molar-refractivity contribution is 0.0698. The molecule has 1 aromatic rings. The van der Waals surface area contributed by atoms with Crippen molar-refractivity contribution in [1.29, 1.82) is 0 Å². The van der Waals surface area contributed by atoms with Gasteiger partial charge in [0.05, 0.1) is 11.3 Å². The minimum absolute atomic E-state index is 0.288. The Kier molecular flexibility index (Phi) is 4.01. The van der Waals surface area contributed by atoms with Gasteiger partial charge in [0.2, 0.25) is 0 Å². The number of thioether (sulfide) groups is 1. The standard InChI is InChI=1S/C13H18N2O2S/c1-18-12-4-2-3-10(12)15-11-7-8(14)5-6-9(11)13(16)17/h5-7,10,12,15H,2-4,14H2,1H3,(H,16,17). The second-order valence-electron chi connectivity index (χ2n) is 4.57. The minimum Gasteiger partial charge on any atom is -0.478 e. The van der Waals surface area contributed by atoms with Gasteiger partial charge in [0.15, 0.2) is 0 Å². The summed E-state index contributed by atoms with van der Waals surface area (Å²) in [6.07, 6.45) is 5.55. The molecule has 0 aliphatic heterocycles. The normalized spacial score (nSPS) is 22.9. The van der Waals surface area contributed by atoms with Gasteiger partial charge < -0.3 is 16.2 Å². The first kappa shape index (κ1) is 13.1. The largest absolute Gasteiger partial charge is 0.478 e. The van der Waals surface area contributed by atoms with E-state index in [0.29, 0.717) is 22.7 Å². The molecule has 2 rings (SSSR count). The van der Waals surface area contributed by atoms with E-state index in [1.54, 1.807) is 18.2 Å². The fourth-order valence-corrected chi connectivity index (χ4v) is 3.38. The molecule has 0 radical (unpaired) electrons. The minimum atomic E-state index is -0.920. The molecule has 1 fully saturated rings. The summed E-state index contributed by atoms with van der Waals surface area (Å²) >= 11 is 1.84. The third-order valence-electron chi connectivity index (χ3n) is 3.37. The van der Waals surface area contributed by atoms with Crippen molar-refractivity contribution in [3.05, 3.63) is 23.8 Å². The number of hydrogen-bond donors (Lipinski definition) is 3. The highest BCUT2D eigenvalue weighted by atomic mass is 32.2. The van der Waals surface area contributed by atoms with Gasteiger partial charge in [-0.05, 0) is 37.3 Å². The lowest BCUT2D eigenvalue weighted by Gasteiger charge is -2.21. The molecule has 2 unspecified atom stereocenters. The SMILES string of the molecule is CSC1CCCC1Nc1cc(N)ccc1C(=O)O. The molecule has 4 nitrogen and oxygen atoms in total. The van der Waals surface area contributed by atoms with Gasteiger partial charge in [-0.1, -0.05) is 6.42 Å². The molecular weight excluding hydrogens is 248 g/mol. The molecule has 18 heavy (non-hydrogen) atoms. The second kappa shape index (κ2) is 5.52. The Morgan fingerprint density at radius 2 is 2.28 bits per heavy atom. The molecule has 0 spiro atoms. The van der Waals surface area contributed by atoms with Crippen LogP contribution in [0.5, 0.6) is 0 Å². The zero-order valence-electron chi connectivity index (χ0n) is 10.3. The smallest absolute Gasteiger partial charge is 0.337 e. The quantitative estimate of drug-likeness (QED) is 0.730. The molecule has 0 bridgehead atoms. The highest BCUT2D eigenvalue weighted by Crippen LogP contribution is 2.32. The Morgan fingerprint density at radius 1 is 1.50 bits per heavy atom. The fourth-order valence-electron chi connectivity index (χ4n) is 2.44. The van der Waals surface area contributed by atoms with Gasteiger partial charge in [0.1, 0.15) is 0 Å². The van der Waals surface area contributed by atoms with E-state index in [0.717, 1.165) is 6.42 Å². The van der Waals surface area contributed by atoms with Crippen LogP contribution in [-0.2, 0) is 0 Å². The summed E-state index contributed by atoms with van der Waals surface area (Å²) in [5.74, 6) is -0.920. The Bertz CT molecular complexity index is 451. The monoisotopic (exact) mass is 266 g/mol. The van der Waals surface area contributed by atoms with Crippen LogP contribution in [0.2, 0.25) is 0 Å². The molecule has 0 aromatic heterocycles. The fraction of sp³-hybridized carbons (Fsp3) is 0.462. The topological polar surface area (TPSA) is 75.3 Å². The second-order valence-corrected chi connectivity index (χ2v) is 5.64. The number of benzene rings is 1. The number of rotatable bonds is 4. The average Bonchev–Trinajstić information content (AvgIpc) is 2.76. The van der Waals surface area contributed by atoms with Gasteiger partial charge in [-0.3, -0.25) is 0 Å². The van der Waals surface area contributed by atoms with Crippen LogP contribution >= 0.6 is 11.8 Å². The van der Waals surface area contributed by atoms with E-state index >= 15 is 0 Å². The maximum Gasteiger partial charge on any atom is 0.337 e. The van der Waals surface area contributed by atoms with Gasteiger partial charge in [0.25, 0.3) is 0 Å². The van der Waals surface area contributed by atoms with E-state index in [1.165, 1.54) is 12.8 Å². The Morgan fingerprint density at radius 3 is 2.94 bits per heavy atom. The summed E-state index contributed by atoms with van der Waals surface area (Å²) in [5.41, 5.74) is 7.24. The Labute approximate surface area is 111 Å². The van der Waals surface area contributed by atoms with E-state index in [1.807, 2.05) is 11.8 Å². The number of nitrogens with one attached hydrogen (secondary N) is 1. The van der Waals surface area contributed by atoms with Crippen LogP contribution in [-0.4, -0.2) is 28.6 Å². The predicted octanol–water partition coefficient (Wildman–Crippen LogP) is 2.66. The van der Waals surface area contributed by atoms with Crippen molar-refractivity contribution < 1.29 is 9.90 Å². The summed E-state index contributed by atoms with van der Waals surface area (Å²) < 4.78 is 0. The van der Waals surface area contributed by atoms with Crippen LogP contribution in [0.3, 0.4) is 0 Å². The summed E-state index contributed by atoms with van der Waals surface area (Å²) in [6.45, 7) is 0. The highest BCUT2D eigenvalue weighted by Gasteiger charge is 2.27. The molecule has 4 N–H and O–H groups in total. The third-order valence-corrected chi connectivity index (χ3v) is 4.54. The van der Waals surface area contributed by atoms with Gasteiger partial charge in [0, 0.05) is 17.0 Å². The molecule has 98 valence electrons. The summed E-state index contributed by atoms with van der Waals surface area (Å²) in [7, 11) is 0. The van der Waals surface area contributed by atoms with Crippen LogP contribution in [0, 0.1) is 0 Å². The molecule has 1 saturated carbocycles. The zero-order valence-corrected chi connectivity index (χ0v) is 11.2. The van der Waals surface area contributed by atoms with E-state index in [2.05, 4.69) is 11.6 Å². The van der Waals surface area contributed by atoms with Gasteiger partial charge >= 0.3 is 5.97 Å². The van der Waals surface area contributed by atoms with Gasteiger partial charge in [-0.25, -0.2) is 4.79 Å². The van der Waals surface area contributed by atoms with Crippen molar-refractivity contribution in [3.63, 3.8) is 0 Å². The summed E-state index contributed by atoms with van der Waals surface area (Å²) in [5, 5.41) is 13.1. The van der Waals surface area contributed by atoms with Crippen LogP contribution in [0.25, 0.3) is 0 Å². The number of anilines is 2. The molecule has 0 amide bonds. The number of carboxylic acids is 1. The lowest BCUT2D eigenvalue weighted by Crippen LogP contribution is -2.26. The number of carbonyl (C=O) groups is 1. The van der Waals surface area contributed by atoms with Crippen molar-refractivity contribution in [2.45, 2.75) is 30.6 Å². The molecule has 0 saturated heterocycles. The molecule has 1 aliphatic rings. The van der Waals surface area contributed by atoms with Gasteiger partial charge in [-0.15, -0.1) is 0 Å². The molecular formula is C13H18N2O2S.